The van der Waals surface area contributed by atoms with E-state index in [4.69, 9.17) is 5.11 Å². The Morgan fingerprint density at radius 2 is 2.19 bits per heavy atom. The van der Waals surface area contributed by atoms with Crippen molar-refractivity contribution in [3.8, 4) is 0 Å². The van der Waals surface area contributed by atoms with Gasteiger partial charge in [-0.15, -0.1) is 5.10 Å². The fourth-order valence-electron chi connectivity index (χ4n) is 1.09. The second-order valence-electron chi connectivity index (χ2n) is 3.27. The molecule has 0 saturated heterocycles. The van der Waals surface area contributed by atoms with Gasteiger partial charge in [-0.3, -0.25) is 4.68 Å². The van der Waals surface area contributed by atoms with Crippen LogP contribution in [0.2, 0.25) is 0 Å². The first-order chi connectivity index (χ1) is 7.51. The van der Waals surface area contributed by atoms with E-state index in [9.17, 15) is 13.2 Å². The van der Waals surface area contributed by atoms with Crippen molar-refractivity contribution >= 4 is 0 Å². The summed E-state index contributed by atoms with van der Waals surface area (Å²) in [5, 5.41) is 18.2. The third kappa shape index (κ3) is 5.08. The second kappa shape index (κ2) is 5.80. The van der Waals surface area contributed by atoms with Crippen LogP contribution in [0.25, 0.3) is 0 Å². The predicted octanol–water partition coefficient (Wildman–Crippen LogP) is 0.312. The van der Waals surface area contributed by atoms with Crippen molar-refractivity contribution in [2.75, 3.05) is 13.2 Å². The lowest BCUT2D eigenvalue weighted by molar-refractivity contribution is -0.125. The summed E-state index contributed by atoms with van der Waals surface area (Å²) in [6.07, 6.45) is -2.12. The minimum absolute atomic E-state index is 0.0264. The first kappa shape index (κ1) is 12.9. The zero-order chi connectivity index (χ0) is 12.0. The molecule has 5 nitrogen and oxygen atoms in total. The third-order valence-corrected chi connectivity index (χ3v) is 1.76. The molecule has 0 radical (unpaired) electrons. The van der Waals surface area contributed by atoms with Gasteiger partial charge in [-0.1, -0.05) is 5.21 Å². The van der Waals surface area contributed by atoms with E-state index < -0.39 is 12.7 Å². The number of aliphatic hydroxyl groups is 1. The zero-order valence-electron chi connectivity index (χ0n) is 8.54. The topological polar surface area (TPSA) is 63.0 Å². The Balaban J connectivity index is 2.29. The summed E-state index contributed by atoms with van der Waals surface area (Å²) in [6, 6.07) is 0. The van der Waals surface area contributed by atoms with Crippen molar-refractivity contribution in [1.82, 2.24) is 20.3 Å². The molecular formula is C8H13F3N4O. The maximum Gasteiger partial charge on any atom is 0.401 e. The molecule has 0 atom stereocenters. The number of aromatic nitrogens is 3. The summed E-state index contributed by atoms with van der Waals surface area (Å²) in [4.78, 5) is 0. The molecule has 2 N–H and O–H groups in total. The highest BCUT2D eigenvalue weighted by atomic mass is 19.4. The average molecular weight is 238 g/mol. The van der Waals surface area contributed by atoms with Crippen LogP contribution in [0.4, 0.5) is 13.2 Å². The van der Waals surface area contributed by atoms with Crippen molar-refractivity contribution < 1.29 is 18.3 Å². The van der Waals surface area contributed by atoms with Crippen LogP contribution >= 0.6 is 0 Å². The largest absolute Gasteiger partial charge is 0.401 e. The van der Waals surface area contributed by atoms with Crippen LogP contribution in [-0.4, -0.2) is 39.4 Å². The summed E-state index contributed by atoms with van der Waals surface area (Å²) in [7, 11) is 0. The highest BCUT2D eigenvalue weighted by molar-refractivity contribution is 4.91. The fourth-order valence-corrected chi connectivity index (χ4v) is 1.09. The summed E-state index contributed by atoms with van der Waals surface area (Å²) in [6.45, 7) is -0.473. The molecule has 0 fully saturated rings. The second-order valence-corrected chi connectivity index (χ2v) is 3.27. The molecule has 0 aliphatic heterocycles. The molecular weight excluding hydrogens is 225 g/mol. The van der Waals surface area contributed by atoms with Gasteiger partial charge in [-0.05, 0) is 6.42 Å². The molecule has 0 unspecified atom stereocenters. The molecule has 1 rings (SSSR count). The normalized spacial score (nSPS) is 12.0. The number of hydrogen-bond acceptors (Lipinski definition) is 4. The van der Waals surface area contributed by atoms with E-state index in [-0.39, 0.29) is 13.2 Å². The van der Waals surface area contributed by atoms with Crippen LogP contribution in [0, 0.1) is 0 Å². The van der Waals surface area contributed by atoms with Gasteiger partial charge >= 0.3 is 6.18 Å². The number of hydrogen-bond donors (Lipinski definition) is 2. The van der Waals surface area contributed by atoms with Crippen LogP contribution in [-0.2, 0) is 13.1 Å². The average Bonchev–Trinajstić information content (AvgIpc) is 2.61. The minimum Gasteiger partial charge on any atom is -0.396 e. The molecule has 0 aliphatic carbocycles. The molecule has 8 heteroatoms. The van der Waals surface area contributed by atoms with Gasteiger partial charge in [-0.2, -0.15) is 13.2 Å². The quantitative estimate of drug-likeness (QED) is 0.748. The van der Waals surface area contributed by atoms with Gasteiger partial charge < -0.3 is 10.4 Å². The summed E-state index contributed by atoms with van der Waals surface area (Å²) in [5.74, 6) is 0. The van der Waals surface area contributed by atoms with Gasteiger partial charge in [0.2, 0.25) is 0 Å². The lowest BCUT2D eigenvalue weighted by Crippen LogP contribution is -2.28. The van der Waals surface area contributed by atoms with E-state index in [1.54, 1.807) is 6.20 Å². The SMILES string of the molecule is OCCCn1cc(CNCC(F)(F)F)nn1. The highest BCUT2D eigenvalue weighted by Gasteiger charge is 2.26. The van der Waals surface area contributed by atoms with Crippen molar-refractivity contribution in [3.05, 3.63) is 11.9 Å². The van der Waals surface area contributed by atoms with Gasteiger partial charge in [0.15, 0.2) is 0 Å². The molecule has 1 aromatic heterocycles. The van der Waals surface area contributed by atoms with Gasteiger partial charge in [-0.25, -0.2) is 0 Å². The van der Waals surface area contributed by atoms with Crippen LogP contribution in [0.15, 0.2) is 6.20 Å². The Bertz CT molecular complexity index is 312. The lowest BCUT2D eigenvalue weighted by atomic mass is 10.4. The number of rotatable bonds is 6. The van der Waals surface area contributed by atoms with E-state index in [2.05, 4.69) is 15.6 Å². The van der Waals surface area contributed by atoms with E-state index >= 15 is 0 Å². The highest BCUT2D eigenvalue weighted by Crippen LogP contribution is 2.12. The first-order valence-corrected chi connectivity index (χ1v) is 4.78. The van der Waals surface area contributed by atoms with Gasteiger partial charge in [0.05, 0.1) is 12.2 Å². The summed E-state index contributed by atoms with van der Waals surface area (Å²) >= 11 is 0. The number of alkyl halides is 3. The molecule has 0 bridgehead atoms. The van der Waals surface area contributed by atoms with Gasteiger partial charge in [0.25, 0.3) is 0 Å². The molecule has 0 saturated carbocycles. The number of aliphatic hydroxyl groups excluding tert-OH is 1. The van der Waals surface area contributed by atoms with Crippen LogP contribution in [0.1, 0.15) is 12.1 Å². The molecule has 0 amide bonds. The molecule has 1 heterocycles. The van der Waals surface area contributed by atoms with E-state index in [0.717, 1.165) is 0 Å². The van der Waals surface area contributed by atoms with E-state index in [1.165, 1.54) is 4.68 Å². The Labute approximate surface area is 90.3 Å². The first-order valence-electron chi connectivity index (χ1n) is 4.78. The molecule has 0 spiro atoms. The van der Waals surface area contributed by atoms with Crippen LogP contribution < -0.4 is 5.32 Å². The molecule has 0 aliphatic rings. The van der Waals surface area contributed by atoms with Gasteiger partial charge in [0, 0.05) is 25.9 Å². The van der Waals surface area contributed by atoms with E-state index in [1.807, 2.05) is 0 Å². The molecule has 1 aromatic rings. The van der Waals surface area contributed by atoms with Crippen molar-refractivity contribution in [1.29, 1.82) is 0 Å². The Morgan fingerprint density at radius 3 is 2.81 bits per heavy atom. The fraction of sp³-hybridized carbons (Fsp3) is 0.750. The summed E-state index contributed by atoms with van der Waals surface area (Å²) in [5.41, 5.74) is 0.446. The molecule has 16 heavy (non-hydrogen) atoms. The van der Waals surface area contributed by atoms with Crippen LogP contribution in [0.3, 0.4) is 0 Å². The monoisotopic (exact) mass is 238 g/mol. The molecule has 0 aromatic carbocycles. The Morgan fingerprint density at radius 1 is 1.44 bits per heavy atom. The van der Waals surface area contributed by atoms with Crippen LogP contribution in [0.5, 0.6) is 0 Å². The maximum atomic E-state index is 11.8. The zero-order valence-corrected chi connectivity index (χ0v) is 8.54. The maximum absolute atomic E-state index is 11.8. The summed E-state index contributed by atoms with van der Waals surface area (Å²) < 4.78 is 36.9. The predicted molar refractivity (Wildman–Crippen MR) is 49.5 cm³/mol. The Hall–Kier alpha value is -1.15. The number of aryl methyl sites for hydroxylation is 1. The van der Waals surface area contributed by atoms with Crippen molar-refractivity contribution in [2.45, 2.75) is 25.7 Å². The van der Waals surface area contributed by atoms with Crippen molar-refractivity contribution in [3.63, 3.8) is 0 Å². The Kier molecular flexibility index (Phi) is 4.69. The number of nitrogens with one attached hydrogen (secondary N) is 1. The van der Waals surface area contributed by atoms with Crippen molar-refractivity contribution in [2.24, 2.45) is 0 Å². The smallest absolute Gasteiger partial charge is 0.396 e. The number of halogens is 3. The van der Waals surface area contributed by atoms with Gasteiger partial charge in [0.1, 0.15) is 0 Å². The third-order valence-electron chi connectivity index (χ3n) is 1.76. The molecule has 92 valence electrons. The van der Waals surface area contributed by atoms with E-state index in [0.29, 0.717) is 18.7 Å². The lowest BCUT2D eigenvalue weighted by Gasteiger charge is -2.05. The minimum atomic E-state index is -4.22. The standard InChI is InChI=1S/C8H13F3N4O/c9-8(10,11)6-12-4-7-5-15(14-13-7)2-1-3-16/h5,12,16H,1-4,6H2. The number of nitrogens with zero attached hydrogens (tertiary/aromatic N) is 3.